The molecule has 2 N–H and O–H groups in total. The number of hydrogen-bond donors (Lipinski definition) is 2. The summed E-state index contributed by atoms with van der Waals surface area (Å²) in [6.07, 6.45) is 3.95. The molecule has 0 aromatic heterocycles. The van der Waals surface area contributed by atoms with Gasteiger partial charge in [-0.2, -0.15) is 0 Å². The van der Waals surface area contributed by atoms with Gasteiger partial charge in [-0.05, 0) is 31.6 Å². The fraction of sp³-hybridized carbons (Fsp3) is 1.00. The molecule has 0 saturated carbocycles. The monoisotopic (exact) mass is 146 g/mol. The molecule has 0 rings (SSSR count). The molecule has 0 saturated heterocycles. The molecule has 0 aliphatic heterocycles. The van der Waals surface area contributed by atoms with E-state index in [0.717, 1.165) is 25.7 Å². The maximum absolute atomic E-state index is 8.49. The Hall–Kier alpha value is -0.0800. The Morgan fingerprint density at radius 1 is 1.00 bits per heavy atom. The minimum absolute atomic E-state index is 0.295. The molecule has 0 bridgehead atoms. The van der Waals surface area contributed by atoms with Gasteiger partial charge in [-0.3, -0.25) is 0 Å². The lowest BCUT2D eigenvalue weighted by Gasteiger charge is -2.07. The topological polar surface area (TPSA) is 40.5 Å². The van der Waals surface area contributed by atoms with Crippen LogP contribution in [0.4, 0.5) is 0 Å². The van der Waals surface area contributed by atoms with Gasteiger partial charge in [0.25, 0.3) is 0 Å². The van der Waals surface area contributed by atoms with Crippen LogP contribution in [0.3, 0.4) is 0 Å². The Balaban J connectivity index is 3.00. The van der Waals surface area contributed by atoms with Crippen molar-refractivity contribution in [2.24, 2.45) is 5.92 Å². The Morgan fingerprint density at radius 3 is 1.70 bits per heavy atom. The number of aliphatic hydroxyl groups is 2. The Morgan fingerprint density at radius 2 is 1.40 bits per heavy atom. The van der Waals surface area contributed by atoms with E-state index in [1.807, 2.05) is 0 Å². The van der Waals surface area contributed by atoms with E-state index in [4.69, 9.17) is 10.2 Å². The summed E-state index contributed by atoms with van der Waals surface area (Å²) in [4.78, 5) is 0. The van der Waals surface area contributed by atoms with Crippen LogP contribution in [0.15, 0.2) is 0 Å². The zero-order chi connectivity index (χ0) is 7.82. The van der Waals surface area contributed by atoms with Crippen LogP contribution in [0.1, 0.15) is 32.6 Å². The van der Waals surface area contributed by atoms with Crippen molar-refractivity contribution in [3.63, 3.8) is 0 Å². The minimum Gasteiger partial charge on any atom is -0.396 e. The van der Waals surface area contributed by atoms with E-state index in [9.17, 15) is 0 Å². The second-order valence-electron chi connectivity index (χ2n) is 2.84. The van der Waals surface area contributed by atoms with E-state index in [-0.39, 0.29) is 0 Å². The zero-order valence-electron chi connectivity index (χ0n) is 6.71. The number of hydrogen-bond acceptors (Lipinski definition) is 2. The van der Waals surface area contributed by atoms with Crippen molar-refractivity contribution in [1.82, 2.24) is 0 Å². The highest BCUT2D eigenvalue weighted by molar-refractivity contribution is 4.52. The van der Waals surface area contributed by atoms with Crippen molar-refractivity contribution in [3.05, 3.63) is 0 Å². The zero-order valence-corrected chi connectivity index (χ0v) is 6.71. The van der Waals surface area contributed by atoms with Gasteiger partial charge in [0.2, 0.25) is 0 Å². The minimum atomic E-state index is 0.295. The quantitative estimate of drug-likeness (QED) is 0.590. The van der Waals surface area contributed by atoms with Crippen molar-refractivity contribution < 1.29 is 10.2 Å². The first kappa shape index (κ1) is 9.92. The largest absolute Gasteiger partial charge is 0.396 e. The van der Waals surface area contributed by atoms with Crippen LogP contribution in [-0.2, 0) is 0 Å². The first-order valence-electron chi connectivity index (χ1n) is 4.03. The van der Waals surface area contributed by atoms with Crippen molar-refractivity contribution in [2.75, 3.05) is 13.2 Å². The average molecular weight is 146 g/mol. The van der Waals surface area contributed by atoms with Crippen LogP contribution < -0.4 is 0 Å². The van der Waals surface area contributed by atoms with Gasteiger partial charge < -0.3 is 10.2 Å². The summed E-state index contributed by atoms with van der Waals surface area (Å²) in [6, 6.07) is 0. The lowest BCUT2D eigenvalue weighted by molar-refractivity contribution is 0.254. The highest BCUT2D eigenvalue weighted by Gasteiger charge is 1.99. The van der Waals surface area contributed by atoms with Gasteiger partial charge in [-0.1, -0.05) is 6.92 Å². The third kappa shape index (κ3) is 6.05. The van der Waals surface area contributed by atoms with Crippen LogP contribution in [-0.4, -0.2) is 23.4 Å². The van der Waals surface area contributed by atoms with Crippen molar-refractivity contribution in [2.45, 2.75) is 32.6 Å². The second-order valence-corrected chi connectivity index (χ2v) is 2.84. The SMILES string of the molecule is CC(CCCO)CCCO. The lowest BCUT2D eigenvalue weighted by Crippen LogP contribution is -1.97. The van der Waals surface area contributed by atoms with Crippen LogP contribution in [0.5, 0.6) is 0 Å². The summed E-state index contributed by atoms with van der Waals surface area (Å²) in [5.41, 5.74) is 0. The predicted molar refractivity (Wildman–Crippen MR) is 41.8 cm³/mol. The molecule has 0 fully saturated rings. The molecule has 0 atom stereocenters. The van der Waals surface area contributed by atoms with Gasteiger partial charge in [-0.25, -0.2) is 0 Å². The molecule has 0 spiro atoms. The maximum Gasteiger partial charge on any atom is 0.0431 e. The van der Waals surface area contributed by atoms with Gasteiger partial charge in [0.15, 0.2) is 0 Å². The van der Waals surface area contributed by atoms with Gasteiger partial charge in [0.1, 0.15) is 0 Å². The highest BCUT2D eigenvalue weighted by atomic mass is 16.3. The van der Waals surface area contributed by atoms with E-state index in [1.54, 1.807) is 0 Å². The molecule has 2 heteroatoms. The third-order valence-electron chi connectivity index (χ3n) is 1.71. The molecule has 0 aliphatic rings. The van der Waals surface area contributed by atoms with E-state index in [2.05, 4.69) is 6.92 Å². The third-order valence-corrected chi connectivity index (χ3v) is 1.71. The predicted octanol–water partition coefficient (Wildman–Crippen LogP) is 1.17. The number of aliphatic hydroxyl groups excluding tert-OH is 2. The summed E-state index contributed by atoms with van der Waals surface area (Å²) in [7, 11) is 0. The first-order valence-corrected chi connectivity index (χ1v) is 4.03. The smallest absolute Gasteiger partial charge is 0.0431 e. The van der Waals surface area contributed by atoms with Crippen molar-refractivity contribution >= 4 is 0 Å². The Labute approximate surface area is 62.9 Å². The number of rotatable bonds is 6. The first-order chi connectivity index (χ1) is 4.81. The molecule has 0 heterocycles. The summed E-state index contributed by atoms with van der Waals surface area (Å²) < 4.78 is 0. The molecule has 0 aromatic carbocycles. The van der Waals surface area contributed by atoms with Gasteiger partial charge >= 0.3 is 0 Å². The summed E-state index contributed by atoms with van der Waals surface area (Å²) >= 11 is 0. The Bertz CT molecular complexity index is 56.3. The van der Waals surface area contributed by atoms with E-state index in [0.29, 0.717) is 19.1 Å². The molecule has 0 aromatic rings. The van der Waals surface area contributed by atoms with Crippen molar-refractivity contribution in [1.29, 1.82) is 0 Å². The standard InChI is InChI=1S/C8H18O2/c1-8(4-2-6-9)5-3-7-10/h8-10H,2-7H2,1H3. The van der Waals surface area contributed by atoms with E-state index >= 15 is 0 Å². The van der Waals surface area contributed by atoms with Gasteiger partial charge in [0, 0.05) is 13.2 Å². The molecule has 0 amide bonds. The van der Waals surface area contributed by atoms with Gasteiger partial charge in [-0.15, -0.1) is 0 Å². The van der Waals surface area contributed by atoms with Crippen LogP contribution in [0, 0.1) is 5.92 Å². The normalized spacial score (nSPS) is 10.8. The summed E-state index contributed by atoms with van der Waals surface area (Å²) in [6.45, 7) is 2.75. The van der Waals surface area contributed by atoms with E-state index < -0.39 is 0 Å². The van der Waals surface area contributed by atoms with Crippen molar-refractivity contribution in [3.8, 4) is 0 Å². The van der Waals surface area contributed by atoms with Gasteiger partial charge in [0.05, 0.1) is 0 Å². The van der Waals surface area contributed by atoms with Crippen LogP contribution in [0.25, 0.3) is 0 Å². The molecule has 0 unspecified atom stereocenters. The maximum atomic E-state index is 8.49. The molecule has 2 nitrogen and oxygen atoms in total. The average Bonchev–Trinajstić information content (AvgIpc) is 1.97. The highest BCUT2D eigenvalue weighted by Crippen LogP contribution is 2.11. The summed E-state index contributed by atoms with van der Waals surface area (Å²) in [5.74, 6) is 0.652. The van der Waals surface area contributed by atoms with Crippen LogP contribution >= 0.6 is 0 Å². The summed E-state index contributed by atoms with van der Waals surface area (Å²) in [5, 5.41) is 17.0. The molecule has 0 radical (unpaired) electrons. The lowest BCUT2D eigenvalue weighted by atomic mass is 10.0. The molecule has 0 aliphatic carbocycles. The fourth-order valence-electron chi connectivity index (χ4n) is 1.02. The molecule has 10 heavy (non-hydrogen) atoms. The molecular formula is C8H18O2. The molecular weight excluding hydrogens is 128 g/mol. The van der Waals surface area contributed by atoms with Crippen LogP contribution in [0.2, 0.25) is 0 Å². The Kier molecular flexibility index (Phi) is 6.98. The molecule has 62 valence electrons. The van der Waals surface area contributed by atoms with E-state index in [1.165, 1.54) is 0 Å². The fourth-order valence-corrected chi connectivity index (χ4v) is 1.02. The second kappa shape index (κ2) is 7.03.